The van der Waals surface area contributed by atoms with E-state index in [4.69, 9.17) is 11.6 Å². The van der Waals surface area contributed by atoms with Crippen molar-refractivity contribution in [1.82, 2.24) is 14.5 Å². The van der Waals surface area contributed by atoms with Crippen molar-refractivity contribution >= 4 is 22.4 Å². The minimum absolute atomic E-state index is 0.166. The van der Waals surface area contributed by atoms with Crippen LogP contribution in [0.1, 0.15) is 5.69 Å². The Morgan fingerprint density at radius 3 is 2.57 bits per heavy atom. The second-order valence-corrected chi connectivity index (χ2v) is 5.91. The summed E-state index contributed by atoms with van der Waals surface area (Å²) in [6.07, 6.45) is 1.58. The summed E-state index contributed by atoms with van der Waals surface area (Å²) in [5.41, 5.74) is 1.13. The molecule has 3 aromatic rings. The summed E-state index contributed by atoms with van der Waals surface area (Å²) >= 11 is 6.11. The number of pyridine rings is 2. The van der Waals surface area contributed by atoms with Gasteiger partial charge in [-0.25, -0.2) is 9.37 Å². The molecule has 0 aliphatic carbocycles. The molecule has 0 atom stereocenters. The second-order valence-electron chi connectivity index (χ2n) is 5.56. The fourth-order valence-electron chi connectivity index (χ4n) is 2.58. The topological polar surface area (TPSA) is 38.1 Å². The van der Waals surface area contributed by atoms with E-state index in [0.29, 0.717) is 17.6 Å². The Labute approximate surface area is 137 Å². The quantitative estimate of drug-likeness (QED) is 0.692. The molecule has 2 heterocycles. The van der Waals surface area contributed by atoms with Gasteiger partial charge in [0.15, 0.2) is 0 Å². The summed E-state index contributed by atoms with van der Waals surface area (Å²) in [4.78, 5) is 18.9. The van der Waals surface area contributed by atoms with Gasteiger partial charge in [0.1, 0.15) is 11.0 Å². The molecule has 0 saturated carbocycles. The molecule has 0 N–H and O–H groups in total. The van der Waals surface area contributed by atoms with Gasteiger partial charge in [0.2, 0.25) is 0 Å². The molecular weight excluding hydrogens is 317 g/mol. The molecule has 4 nitrogen and oxygen atoms in total. The van der Waals surface area contributed by atoms with Crippen molar-refractivity contribution in [3.05, 3.63) is 69.6 Å². The number of hydrogen-bond acceptors (Lipinski definition) is 3. The van der Waals surface area contributed by atoms with Gasteiger partial charge in [-0.2, -0.15) is 0 Å². The molecule has 0 saturated heterocycles. The Morgan fingerprint density at radius 1 is 1.22 bits per heavy atom. The highest BCUT2D eigenvalue weighted by Gasteiger charge is 2.14. The van der Waals surface area contributed by atoms with Gasteiger partial charge in [0.05, 0.1) is 5.39 Å². The molecule has 1 aromatic carbocycles. The van der Waals surface area contributed by atoms with E-state index in [-0.39, 0.29) is 16.5 Å². The van der Waals surface area contributed by atoms with Crippen LogP contribution < -0.4 is 5.56 Å². The Morgan fingerprint density at radius 2 is 1.91 bits per heavy atom. The summed E-state index contributed by atoms with van der Waals surface area (Å²) in [5.74, 6) is -0.351. The lowest BCUT2D eigenvalue weighted by Crippen LogP contribution is -2.25. The van der Waals surface area contributed by atoms with Crippen LogP contribution in [0.4, 0.5) is 4.39 Å². The van der Waals surface area contributed by atoms with Gasteiger partial charge in [-0.1, -0.05) is 11.6 Å². The summed E-state index contributed by atoms with van der Waals surface area (Å²) in [7, 11) is 3.84. The Hall–Kier alpha value is -2.24. The van der Waals surface area contributed by atoms with Gasteiger partial charge in [-0.3, -0.25) is 9.36 Å². The molecule has 0 bridgehead atoms. The lowest BCUT2D eigenvalue weighted by molar-refractivity contribution is 0.392. The lowest BCUT2D eigenvalue weighted by Gasteiger charge is -2.18. The standard InChI is InChI=1S/C17H15ClFN3O/c1-21(2)10-14-9-11-7-8-20-16(18)15(11)17(23)22(14)13-5-3-12(19)4-6-13/h3-9H,10H2,1-2H3. The third kappa shape index (κ3) is 2.98. The predicted molar refractivity (Wildman–Crippen MR) is 89.7 cm³/mol. The molecular formula is C17H15ClFN3O. The average Bonchev–Trinajstić information content (AvgIpc) is 2.48. The van der Waals surface area contributed by atoms with E-state index in [9.17, 15) is 9.18 Å². The average molecular weight is 332 g/mol. The maximum Gasteiger partial charge on any atom is 0.266 e. The summed E-state index contributed by atoms with van der Waals surface area (Å²) in [6.45, 7) is 0.558. The van der Waals surface area contributed by atoms with Crippen LogP contribution in [0.15, 0.2) is 47.4 Å². The largest absolute Gasteiger partial charge is 0.304 e. The first-order valence-corrected chi connectivity index (χ1v) is 7.45. The SMILES string of the molecule is CN(C)Cc1cc2ccnc(Cl)c2c(=O)n1-c1ccc(F)cc1. The van der Waals surface area contributed by atoms with Gasteiger partial charge in [-0.15, -0.1) is 0 Å². The van der Waals surface area contributed by atoms with E-state index in [1.807, 2.05) is 25.1 Å². The zero-order valence-electron chi connectivity index (χ0n) is 12.8. The minimum atomic E-state index is -0.351. The van der Waals surface area contributed by atoms with Crippen LogP contribution in [0.25, 0.3) is 16.5 Å². The van der Waals surface area contributed by atoms with E-state index < -0.39 is 0 Å². The third-order valence-electron chi connectivity index (χ3n) is 3.53. The van der Waals surface area contributed by atoms with E-state index in [0.717, 1.165) is 11.1 Å². The number of fused-ring (bicyclic) bond motifs is 1. The van der Waals surface area contributed by atoms with Crippen LogP contribution in [-0.4, -0.2) is 28.5 Å². The molecule has 0 radical (unpaired) electrons. The number of aromatic nitrogens is 2. The molecule has 3 rings (SSSR count). The van der Waals surface area contributed by atoms with Gasteiger partial charge >= 0.3 is 0 Å². The van der Waals surface area contributed by atoms with Crippen LogP contribution in [-0.2, 0) is 6.54 Å². The van der Waals surface area contributed by atoms with E-state index in [2.05, 4.69) is 4.98 Å². The first-order valence-electron chi connectivity index (χ1n) is 7.07. The summed E-state index contributed by atoms with van der Waals surface area (Å²) in [5, 5.41) is 1.27. The van der Waals surface area contributed by atoms with Crippen molar-refractivity contribution in [2.75, 3.05) is 14.1 Å². The second kappa shape index (κ2) is 6.10. The van der Waals surface area contributed by atoms with Crippen molar-refractivity contribution in [2.45, 2.75) is 6.54 Å². The Balaban J connectivity index is 2.36. The molecule has 0 unspecified atom stereocenters. The smallest absolute Gasteiger partial charge is 0.266 e. The van der Waals surface area contributed by atoms with Crippen molar-refractivity contribution in [3.63, 3.8) is 0 Å². The molecule has 0 spiro atoms. The molecule has 23 heavy (non-hydrogen) atoms. The van der Waals surface area contributed by atoms with Gasteiger partial charge in [0, 0.05) is 24.1 Å². The normalized spacial score (nSPS) is 11.3. The fraction of sp³-hybridized carbons (Fsp3) is 0.176. The van der Waals surface area contributed by atoms with Crippen LogP contribution in [0.5, 0.6) is 0 Å². The Kier molecular flexibility index (Phi) is 4.15. The molecule has 0 amide bonds. The molecule has 118 valence electrons. The lowest BCUT2D eigenvalue weighted by atomic mass is 10.1. The van der Waals surface area contributed by atoms with Crippen LogP contribution in [0.2, 0.25) is 5.15 Å². The van der Waals surface area contributed by atoms with Crippen LogP contribution in [0.3, 0.4) is 0 Å². The fourth-order valence-corrected chi connectivity index (χ4v) is 2.83. The van der Waals surface area contributed by atoms with Crippen molar-refractivity contribution in [1.29, 1.82) is 0 Å². The van der Waals surface area contributed by atoms with E-state index >= 15 is 0 Å². The maximum atomic E-state index is 13.2. The number of nitrogens with zero attached hydrogens (tertiary/aromatic N) is 3. The van der Waals surface area contributed by atoms with E-state index in [1.165, 1.54) is 12.1 Å². The third-order valence-corrected chi connectivity index (χ3v) is 3.81. The highest BCUT2D eigenvalue weighted by molar-refractivity contribution is 6.34. The van der Waals surface area contributed by atoms with E-state index in [1.54, 1.807) is 29.0 Å². The number of hydrogen-bond donors (Lipinski definition) is 0. The first kappa shape index (κ1) is 15.6. The minimum Gasteiger partial charge on any atom is -0.304 e. The molecule has 2 aromatic heterocycles. The van der Waals surface area contributed by atoms with Crippen LogP contribution >= 0.6 is 11.6 Å². The first-order chi connectivity index (χ1) is 11.0. The zero-order valence-corrected chi connectivity index (χ0v) is 13.5. The predicted octanol–water partition coefficient (Wildman–Crippen LogP) is 3.24. The van der Waals surface area contributed by atoms with Gasteiger partial charge in [0.25, 0.3) is 5.56 Å². The summed E-state index contributed by atoms with van der Waals surface area (Å²) in [6, 6.07) is 9.48. The molecule has 6 heteroatoms. The molecule has 0 aliphatic heterocycles. The Bertz CT molecular complexity index is 920. The number of halogens is 2. The highest BCUT2D eigenvalue weighted by atomic mass is 35.5. The zero-order chi connectivity index (χ0) is 16.6. The maximum absolute atomic E-state index is 13.2. The molecule has 0 aliphatic rings. The van der Waals surface area contributed by atoms with Crippen LogP contribution in [0, 0.1) is 5.82 Å². The number of rotatable bonds is 3. The highest BCUT2D eigenvalue weighted by Crippen LogP contribution is 2.21. The summed E-state index contributed by atoms with van der Waals surface area (Å²) < 4.78 is 14.8. The van der Waals surface area contributed by atoms with Crippen molar-refractivity contribution in [2.24, 2.45) is 0 Å². The number of benzene rings is 1. The monoisotopic (exact) mass is 331 g/mol. The van der Waals surface area contributed by atoms with Gasteiger partial charge in [-0.05, 0) is 55.9 Å². The van der Waals surface area contributed by atoms with Crippen molar-refractivity contribution in [3.8, 4) is 5.69 Å². The van der Waals surface area contributed by atoms with Crippen molar-refractivity contribution < 1.29 is 4.39 Å². The molecule has 0 fully saturated rings. The van der Waals surface area contributed by atoms with Gasteiger partial charge < -0.3 is 4.90 Å².